The molecule has 1 aliphatic rings. The third-order valence-corrected chi connectivity index (χ3v) is 6.98. The average Bonchev–Trinajstić information content (AvgIpc) is 3.36. The fraction of sp³-hybridized carbons (Fsp3) is 0.469. The summed E-state index contributed by atoms with van der Waals surface area (Å²) in [7, 11) is 0. The second-order valence-electron chi connectivity index (χ2n) is 12.0. The standard InChI is InChI=1S/C32H41N3O8/c1-19(2)26(30(39)40)34-29(38)27(23-15-21-13-9-10-14-22(21)16-23)35-28(37)24(17-25(36)43-32(3,4)5)33-31(41)42-18-20-11-7-6-8-12-20/h6-14,19,23-24,26-27H,15-18H2,1-5H3,(H,33,41)(H,34,38)(H,35,37)(H,39,40)/t24-,26-,27-/m0/s1. The van der Waals surface area contributed by atoms with Crippen LogP contribution >= 0.6 is 0 Å². The molecule has 0 aromatic heterocycles. The van der Waals surface area contributed by atoms with E-state index in [2.05, 4.69) is 16.0 Å². The minimum Gasteiger partial charge on any atom is -0.480 e. The van der Waals surface area contributed by atoms with E-state index in [4.69, 9.17) is 9.47 Å². The van der Waals surface area contributed by atoms with Gasteiger partial charge in [0.15, 0.2) is 0 Å². The molecule has 0 aliphatic heterocycles. The van der Waals surface area contributed by atoms with Crippen LogP contribution in [0.1, 0.15) is 57.7 Å². The van der Waals surface area contributed by atoms with Crippen molar-refractivity contribution in [2.45, 2.75) is 84.2 Å². The minimum absolute atomic E-state index is 0.0649. The van der Waals surface area contributed by atoms with E-state index in [9.17, 15) is 29.1 Å². The Kier molecular flexibility index (Phi) is 11.3. The molecule has 11 heteroatoms. The van der Waals surface area contributed by atoms with Crippen molar-refractivity contribution in [3.05, 3.63) is 71.3 Å². The van der Waals surface area contributed by atoms with Gasteiger partial charge in [-0.2, -0.15) is 0 Å². The van der Waals surface area contributed by atoms with Crippen molar-refractivity contribution < 1.29 is 38.6 Å². The van der Waals surface area contributed by atoms with Gasteiger partial charge >= 0.3 is 18.0 Å². The molecule has 3 atom stereocenters. The molecule has 43 heavy (non-hydrogen) atoms. The molecule has 0 bridgehead atoms. The van der Waals surface area contributed by atoms with Gasteiger partial charge in [0.1, 0.15) is 30.3 Å². The number of hydrogen-bond acceptors (Lipinski definition) is 7. The molecule has 0 spiro atoms. The van der Waals surface area contributed by atoms with Crippen LogP contribution in [0.5, 0.6) is 0 Å². The summed E-state index contributed by atoms with van der Waals surface area (Å²) in [5.41, 5.74) is 1.92. The lowest BCUT2D eigenvalue weighted by atomic mass is 9.94. The molecule has 0 fully saturated rings. The van der Waals surface area contributed by atoms with Gasteiger partial charge in [-0.25, -0.2) is 9.59 Å². The zero-order chi connectivity index (χ0) is 31.7. The molecule has 0 saturated carbocycles. The first kappa shape index (κ1) is 33.1. The molecule has 11 nitrogen and oxygen atoms in total. The number of carbonyl (C=O) groups is 5. The third-order valence-electron chi connectivity index (χ3n) is 6.98. The molecule has 0 heterocycles. The van der Waals surface area contributed by atoms with E-state index in [1.54, 1.807) is 58.9 Å². The van der Waals surface area contributed by atoms with Crippen LogP contribution in [0.15, 0.2) is 54.6 Å². The smallest absolute Gasteiger partial charge is 0.408 e. The molecule has 3 rings (SSSR count). The number of fused-ring (bicyclic) bond motifs is 1. The molecular formula is C32H41N3O8. The molecule has 1 aliphatic carbocycles. The summed E-state index contributed by atoms with van der Waals surface area (Å²) in [6.07, 6.45) is -0.520. The topological polar surface area (TPSA) is 160 Å². The van der Waals surface area contributed by atoms with Gasteiger partial charge in [-0.3, -0.25) is 14.4 Å². The molecule has 4 N–H and O–H groups in total. The summed E-state index contributed by atoms with van der Waals surface area (Å²) < 4.78 is 10.6. The van der Waals surface area contributed by atoms with Crippen molar-refractivity contribution in [1.29, 1.82) is 0 Å². The van der Waals surface area contributed by atoms with E-state index in [1.807, 2.05) is 30.3 Å². The van der Waals surface area contributed by atoms with Gasteiger partial charge in [-0.05, 0) is 62.1 Å². The molecule has 232 valence electrons. The van der Waals surface area contributed by atoms with E-state index in [-0.39, 0.29) is 6.61 Å². The molecule has 3 amide bonds. The first-order chi connectivity index (χ1) is 20.2. The van der Waals surface area contributed by atoms with E-state index in [1.165, 1.54) is 0 Å². The number of carbonyl (C=O) groups excluding carboxylic acids is 4. The Balaban J connectivity index is 1.82. The van der Waals surface area contributed by atoms with Crippen LogP contribution in [0.4, 0.5) is 4.79 Å². The molecule has 0 unspecified atom stereocenters. The van der Waals surface area contributed by atoms with Crippen molar-refractivity contribution in [3.63, 3.8) is 0 Å². The van der Waals surface area contributed by atoms with Crippen molar-refractivity contribution in [3.8, 4) is 0 Å². The number of ether oxygens (including phenoxy) is 2. The second-order valence-corrected chi connectivity index (χ2v) is 12.0. The number of hydrogen-bond donors (Lipinski definition) is 4. The van der Waals surface area contributed by atoms with Crippen LogP contribution in [-0.2, 0) is 48.1 Å². The zero-order valence-electron chi connectivity index (χ0n) is 25.2. The highest BCUT2D eigenvalue weighted by Gasteiger charge is 2.38. The Morgan fingerprint density at radius 1 is 0.860 bits per heavy atom. The summed E-state index contributed by atoms with van der Waals surface area (Å²) >= 11 is 0. The van der Waals surface area contributed by atoms with Crippen molar-refractivity contribution in [1.82, 2.24) is 16.0 Å². The average molecular weight is 596 g/mol. The number of rotatable bonds is 12. The van der Waals surface area contributed by atoms with E-state index in [0.717, 1.165) is 16.7 Å². The van der Waals surface area contributed by atoms with Crippen LogP contribution < -0.4 is 16.0 Å². The minimum atomic E-state index is -1.43. The lowest BCUT2D eigenvalue weighted by molar-refractivity contribution is -0.156. The summed E-state index contributed by atoms with van der Waals surface area (Å²) in [6.45, 7) is 8.29. The van der Waals surface area contributed by atoms with Crippen LogP contribution in [-0.4, -0.2) is 58.7 Å². The summed E-state index contributed by atoms with van der Waals surface area (Å²) in [5.74, 6) is -4.23. The Bertz CT molecular complexity index is 1280. The Labute approximate surface area is 251 Å². The van der Waals surface area contributed by atoms with Gasteiger partial charge in [0.2, 0.25) is 11.8 Å². The fourth-order valence-corrected chi connectivity index (χ4v) is 4.90. The number of amides is 3. The Morgan fingerprint density at radius 2 is 1.44 bits per heavy atom. The van der Waals surface area contributed by atoms with Gasteiger partial charge in [0.25, 0.3) is 0 Å². The van der Waals surface area contributed by atoms with Gasteiger partial charge in [0.05, 0.1) is 6.42 Å². The SMILES string of the molecule is CC(C)[C@H](NC(=O)[C@@H](NC(=O)[C@H](CC(=O)OC(C)(C)C)NC(=O)OCc1ccccc1)C1Cc2ccccc2C1)C(=O)O. The Morgan fingerprint density at radius 3 is 1.98 bits per heavy atom. The summed E-state index contributed by atoms with van der Waals surface area (Å²) in [6, 6.07) is 12.8. The molecule has 2 aromatic rings. The number of nitrogens with one attached hydrogen (secondary N) is 3. The van der Waals surface area contributed by atoms with Gasteiger partial charge in [-0.15, -0.1) is 0 Å². The second kappa shape index (κ2) is 14.7. The van der Waals surface area contributed by atoms with Gasteiger partial charge < -0.3 is 30.5 Å². The quantitative estimate of drug-likeness (QED) is 0.272. The molecular weight excluding hydrogens is 554 g/mol. The predicted octanol–water partition coefficient (Wildman–Crippen LogP) is 3.14. The molecule has 2 aromatic carbocycles. The van der Waals surface area contributed by atoms with E-state index >= 15 is 0 Å². The predicted molar refractivity (Wildman–Crippen MR) is 158 cm³/mol. The number of esters is 1. The van der Waals surface area contributed by atoms with Crippen molar-refractivity contribution in [2.24, 2.45) is 11.8 Å². The number of alkyl carbamates (subject to hydrolysis) is 1. The van der Waals surface area contributed by atoms with Crippen LogP contribution in [0.2, 0.25) is 0 Å². The number of benzene rings is 2. The number of carboxylic acid groups (broad SMARTS) is 1. The monoisotopic (exact) mass is 595 g/mol. The van der Waals surface area contributed by atoms with Crippen LogP contribution in [0.3, 0.4) is 0 Å². The summed E-state index contributed by atoms with van der Waals surface area (Å²) in [5, 5.41) is 17.4. The van der Waals surface area contributed by atoms with Crippen LogP contribution in [0.25, 0.3) is 0 Å². The van der Waals surface area contributed by atoms with Crippen molar-refractivity contribution >= 4 is 29.8 Å². The van der Waals surface area contributed by atoms with Crippen LogP contribution in [0, 0.1) is 11.8 Å². The fourth-order valence-electron chi connectivity index (χ4n) is 4.90. The number of carboxylic acids is 1. The van der Waals surface area contributed by atoms with Gasteiger partial charge in [0, 0.05) is 0 Å². The first-order valence-corrected chi connectivity index (χ1v) is 14.3. The third kappa shape index (κ3) is 10.1. The van der Waals surface area contributed by atoms with Gasteiger partial charge in [-0.1, -0.05) is 68.4 Å². The number of aliphatic carboxylic acids is 1. The van der Waals surface area contributed by atoms with Crippen molar-refractivity contribution in [2.75, 3.05) is 0 Å². The zero-order valence-corrected chi connectivity index (χ0v) is 25.2. The largest absolute Gasteiger partial charge is 0.480 e. The highest BCUT2D eigenvalue weighted by Crippen LogP contribution is 2.29. The highest BCUT2D eigenvalue weighted by atomic mass is 16.6. The summed E-state index contributed by atoms with van der Waals surface area (Å²) in [4.78, 5) is 64.5. The highest BCUT2D eigenvalue weighted by molar-refractivity contribution is 5.94. The lowest BCUT2D eigenvalue weighted by Gasteiger charge is -2.29. The maximum Gasteiger partial charge on any atom is 0.408 e. The van der Waals surface area contributed by atoms with E-state index in [0.29, 0.717) is 12.8 Å². The normalized spacial score (nSPS) is 15.0. The Hall–Kier alpha value is -4.41. The first-order valence-electron chi connectivity index (χ1n) is 14.3. The maximum atomic E-state index is 13.7. The molecule has 0 radical (unpaired) electrons. The maximum absolute atomic E-state index is 13.7. The van der Waals surface area contributed by atoms with E-state index < -0.39 is 71.8 Å². The lowest BCUT2D eigenvalue weighted by Crippen LogP contribution is -2.59. The molecule has 0 saturated heterocycles.